The molecule has 0 aromatic heterocycles. The molecule has 218 valence electrons. The third-order valence-corrected chi connectivity index (χ3v) is 8.48. The van der Waals surface area contributed by atoms with Crippen LogP contribution in [-0.2, 0) is 10.4 Å². The average molecular weight is 583 g/mol. The molecule has 2 aromatic carbocycles. The lowest BCUT2D eigenvalue weighted by Crippen LogP contribution is -2.57. The summed E-state index contributed by atoms with van der Waals surface area (Å²) in [7, 11) is 4.50. The van der Waals surface area contributed by atoms with E-state index in [0.29, 0.717) is 41.7 Å². The summed E-state index contributed by atoms with van der Waals surface area (Å²) in [5, 5.41) is 11.2. The summed E-state index contributed by atoms with van der Waals surface area (Å²) in [5.41, 5.74) is -3.89. The molecule has 7 nitrogen and oxygen atoms in total. The lowest BCUT2D eigenvalue weighted by atomic mass is 9.86. The topological polar surface area (TPSA) is 79.3 Å². The van der Waals surface area contributed by atoms with E-state index >= 15 is 0 Å². The van der Waals surface area contributed by atoms with Gasteiger partial charge < -0.3 is 24.4 Å². The highest BCUT2D eigenvalue weighted by Gasteiger charge is 2.64. The van der Waals surface area contributed by atoms with Crippen molar-refractivity contribution in [3.05, 3.63) is 58.6 Å². The normalized spacial score (nSPS) is 19.6. The molecule has 40 heavy (non-hydrogen) atoms. The number of benzene rings is 2. The number of hydrogen-bond acceptors (Lipinski definition) is 5. The van der Waals surface area contributed by atoms with E-state index in [-0.39, 0.29) is 30.2 Å². The van der Waals surface area contributed by atoms with Gasteiger partial charge in [0.05, 0.1) is 24.3 Å². The Bertz CT molecular complexity index is 1250. The fourth-order valence-electron chi connectivity index (χ4n) is 5.69. The fraction of sp³-hybridized carbons (Fsp3) is 0.517. The van der Waals surface area contributed by atoms with Crippen molar-refractivity contribution in [1.82, 2.24) is 9.80 Å². The molecule has 1 spiro atoms. The molecule has 1 aliphatic carbocycles. The van der Waals surface area contributed by atoms with Crippen molar-refractivity contribution in [3.63, 3.8) is 0 Å². The van der Waals surface area contributed by atoms with Gasteiger partial charge in [0, 0.05) is 32.7 Å². The van der Waals surface area contributed by atoms with Gasteiger partial charge in [-0.25, -0.2) is 0 Å². The molecule has 4 rings (SSSR count). The predicted octanol–water partition coefficient (Wildman–Crippen LogP) is 5.29. The molecular formula is C29H34ClF3N2O5. The third kappa shape index (κ3) is 5.74. The number of carbonyl (C=O) groups is 2. The Morgan fingerprint density at radius 2 is 1.82 bits per heavy atom. The zero-order chi connectivity index (χ0) is 29.3. The van der Waals surface area contributed by atoms with Crippen molar-refractivity contribution < 1.29 is 37.3 Å². The van der Waals surface area contributed by atoms with E-state index in [0.717, 1.165) is 30.2 Å². The minimum atomic E-state index is -5.22. The van der Waals surface area contributed by atoms with Gasteiger partial charge in [0.1, 0.15) is 11.5 Å². The number of rotatable bonds is 9. The second kappa shape index (κ2) is 11.5. The lowest BCUT2D eigenvalue weighted by Gasteiger charge is -2.39. The van der Waals surface area contributed by atoms with Crippen LogP contribution in [0.4, 0.5) is 13.2 Å². The van der Waals surface area contributed by atoms with Gasteiger partial charge in [-0.15, -0.1) is 0 Å². The van der Waals surface area contributed by atoms with Crippen LogP contribution in [0.1, 0.15) is 48.0 Å². The molecule has 2 aliphatic rings. The maximum atomic E-state index is 14.2. The van der Waals surface area contributed by atoms with Crippen molar-refractivity contribution in [2.45, 2.75) is 43.9 Å². The van der Waals surface area contributed by atoms with Crippen LogP contribution in [0.25, 0.3) is 0 Å². The Morgan fingerprint density at radius 3 is 2.42 bits per heavy atom. The molecule has 1 aliphatic heterocycles. The van der Waals surface area contributed by atoms with Gasteiger partial charge in [0.25, 0.3) is 17.4 Å². The fourth-order valence-corrected chi connectivity index (χ4v) is 5.94. The molecule has 0 radical (unpaired) electrons. The highest BCUT2D eigenvalue weighted by molar-refractivity contribution is 6.34. The summed E-state index contributed by atoms with van der Waals surface area (Å²) < 4.78 is 53.3. The van der Waals surface area contributed by atoms with E-state index < -0.39 is 23.2 Å². The predicted molar refractivity (Wildman–Crippen MR) is 143 cm³/mol. The first-order valence-electron chi connectivity index (χ1n) is 13.2. The van der Waals surface area contributed by atoms with Crippen molar-refractivity contribution in [1.29, 1.82) is 0 Å². The van der Waals surface area contributed by atoms with E-state index in [1.54, 1.807) is 32.3 Å². The molecule has 2 atom stereocenters. The summed E-state index contributed by atoms with van der Waals surface area (Å²) in [6.45, 7) is 0.762. The highest BCUT2D eigenvalue weighted by Crippen LogP contribution is 2.61. The van der Waals surface area contributed by atoms with Crippen LogP contribution >= 0.6 is 11.6 Å². The van der Waals surface area contributed by atoms with Gasteiger partial charge in [-0.3, -0.25) is 9.59 Å². The van der Waals surface area contributed by atoms with Crippen LogP contribution in [0, 0.1) is 11.3 Å². The van der Waals surface area contributed by atoms with E-state index in [1.165, 1.54) is 30.2 Å². The number of piperidine rings is 1. The number of likely N-dealkylation sites (tertiary alicyclic amines) is 1. The lowest BCUT2D eigenvalue weighted by molar-refractivity contribution is -0.262. The number of halogens is 4. The quantitative estimate of drug-likeness (QED) is 0.407. The number of hydrogen-bond donors (Lipinski definition) is 1. The highest BCUT2D eigenvalue weighted by atomic mass is 35.5. The van der Waals surface area contributed by atoms with Gasteiger partial charge in [0.2, 0.25) is 0 Å². The van der Waals surface area contributed by atoms with Gasteiger partial charge in [-0.1, -0.05) is 29.8 Å². The number of amides is 2. The first-order valence-corrected chi connectivity index (χ1v) is 13.6. The maximum Gasteiger partial charge on any atom is 0.430 e. The van der Waals surface area contributed by atoms with Crippen LogP contribution in [0.2, 0.25) is 5.02 Å². The summed E-state index contributed by atoms with van der Waals surface area (Å²) in [5.74, 6) is -0.778. The standard InChI is InChI=1S/C29H34ClF3N2O5/c1-34(2)25(36)21-11-10-20(17-23(21)30)40-16-6-7-19-18-27(19)12-14-35(15-13-27)26(37)28(38,29(31,32)33)22-8-4-5-9-24(22)39-3/h4-5,8-11,17,19,38H,6-7,12-16,18H2,1-3H3/t19-,28-/m1/s1. The molecular weight excluding hydrogens is 549 g/mol. The van der Waals surface area contributed by atoms with E-state index in [4.69, 9.17) is 21.1 Å². The minimum Gasteiger partial charge on any atom is -0.496 e. The second-order valence-electron chi connectivity index (χ2n) is 10.8. The Balaban J connectivity index is 1.29. The molecule has 2 aromatic rings. The molecule has 1 heterocycles. The smallest absolute Gasteiger partial charge is 0.430 e. The van der Waals surface area contributed by atoms with Gasteiger partial charge >= 0.3 is 6.18 Å². The number of aliphatic hydroxyl groups is 1. The average Bonchev–Trinajstić information content (AvgIpc) is 3.60. The second-order valence-corrected chi connectivity index (χ2v) is 11.2. The van der Waals surface area contributed by atoms with E-state index in [2.05, 4.69) is 0 Å². The number of alkyl halides is 3. The minimum absolute atomic E-state index is 0.00899. The van der Waals surface area contributed by atoms with Crippen molar-refractivity contribution >= 4 is 23.4 Å². The van der Waals surface area contributed by atoms with Crippen LogP contribution in [0.3, 0.4) is 0 Å². The Labute approximate surface area is 236 Å². The Hall–Kier alpha value is -2.98. The Morgan fingerprint density at radius 1 is 1.15 bits per heavy atom. The molecule has 1 N–H and O–H groups in total. The van der Waals surface area contributed by atoms with Crippen LogP contribution in [0.15, 0.2) is 42.5 Å². The molecule has 2 amide bonds. The summed E-state index contributed by atoms with van der Waals surface area (Å²) >= 11 is 6.24. The van der Waals surface area contributed by atoms with Crippen LogP contribution in [0.5, 0.6) is 11.5 Å². The van der Waals surface area contributed by atoms with Gasteiger partial charge in [-0.2, -0.15) is 13.2 Å². The van der Waals surface area contributed by atoms with Crippen LogP contribution < -0.4 is 9.47 Å². The number of nitrogens with zero attached hydrogens (tertiary/aromatic N) is 2. The van der Waals surface area contributed by atoms with E-state index in [9.17, 15) is 27.9 Å². The van der Waals surface area contributed by atoms with Crippen molar-refractivity contribution in [3.8, 4) is 11.5 Å². The molecule has 1 saturated heterocycles. The summed E-state index contributed by atoms with van der Waals surface area (Å²) in [6.07, 6.45) is -1.41. The number of carbonyl (C=O) groups excluding carboxylic acids is 2. The number of ether oxygens (including phenoxy) is 2. The molecule has 11 heteroatoms. The third-order valence-electron chi connectivity index (χ3n) is 8.16. The first-order chi connectivity index (χ1) is 18.8. The largest absolute Gasteiger partial charge is 0.496 e. The monoisotopic (exact) mass is 582 g/mol. The molecule has 0 unspecified atom stereocenters. The number of methoxy groups -OCH3 is 1. The molecule has 2 fully saturated rings. The van der Waals surface area contributed by atoms with Crippen molar-refractivity contribution in [2.24, 2.45) is 11.3 Å². The zero-order valence-electron chi connectivity index (χ0n) is 22.8. The Kier molecular flexibility index (Phi) is 8.61. The molecule has 0 bridgehead atoms. The van der Waals surface area contributed by atoms with E-state index in [1.807, 2.05) is 0 Å². The SMILES string of the molecule is COc1ccccc1[C@@](O)(C(=O)N1CCC2(CC1)C[C@H]2CCCOc1ccc(C(=O)N(C)C)c(Cl)c1)C(F)(F)F. The summed E-state index contributed by atoms with van der Waals surface area (Å²) in [4.78, 5) is 27.9. The number of para-hydroxylation sites is 1. The molecule has 1 saturated carbocycles. The van der Waals surface area contributed by atoms with Crippen molar-refractivity contribution in [2.75, 3.05) is 40.9 Å². The van der Waals surface area contributed by atoms with Crippen LogP contribution in [-0.4, -0.2) is 73.8 Å². The summed E-state index contributed by atoms with van der Waals surface area (Å²) in [6, 6.07) is 10.1. The first kappa shape index (κ1) is 30.0. The van der Waals surface area contributed by atoms with Gasteiger partial charge in [-0.05, 0) is 67.7 Å². The zero-order valence-corrected chi connectivity index (χ0v) is 23.5. The maximum absolute atomic E-state index is 14.2. The van der Waals surface area contributed by atoms with Gasteiger partial charge in [0.15, 0.2) is 0 Å².